The standard InChI is InChI=1S/C13H15ClN3O3P/c14-21(19,20)17-6-4-12(5-7-17)16-13(18)11-3-1-2-10(8-11)9-15/h1-3,8,12H,4-7H2,(H,16,18)(H,19,20). The first-order valence-corrected chi connectivity index (χ1v) is 9.01. The highest BCUT2D eigenvalue weighted by Crippen LogP contribution is 2.51. The van der Waals surface area contributed by atoms with Crippen LogP contribution in [-0.4, -0.2) is 34.6 Å². The predicted molar refractivity (Wildman–Crippen MR) is 78.9 cm³/mol. The summed E-state index contributed by atoms with van der Waals surface area (Å²) in [6.07, 6.45) is 1.11. The number of carbonyl (C=O) groups excluding carboxylic acids is 1. The van der Waals surface area contributed by atoms with Crippen LogP contribution in [0.25, 0.3) is 0 Å². The molecule has 0 aliphatic carbocycles. The Balaban J connectivity index is 1.93. The lowest BCUT2D eigenvalue weighted by Gasteiger charge is -2.32. The molecular formula is C13H15ClN3O3P. The number of benzene rings is 1. The molecule has 0 radical (unpaired) electrons. The van der Waals surface area contributed by atoms with Crippen molar-refractivity contribution in [2.24, 2.45) is 0 Å². The highest BCUT2D eigenvalue weighted by Gasteiger charge is 2.30. The first-order valence-electron chi connectivity index (χ1n) is 6.49. The molecule has 1 heterocycles. The van der Waals surface area contributed by atoms with Gasteiger partial charge in [0.15, 0.2) is 0 Å². The third-order valence-corrected chi connectivity index (χ3v) is 5.15. The minimum atomic E-state index is -3.71. The van der Waals surface area contributed by atoms with Crippen molar-refractivity contribution in [2.45, 2.75) is 18.9 Å². The minimum Gasteiger partial charge on any atom is -0.349 e. The van der Waals surface area contributed by atoms with E-state index in [0.717, 1.165) is 0 Å². The van der Waals surface area contributed by atoms with E-state index in [9.17, 15) is 14.3 Å². The Labute approximate surface area is 127 Å². The molecule has 6 nitrogen and oxygen atoms in total. The molecule has 21 heavy (non-hydrogen) atoms. The molecule has 1 unspecified atom stereocenters. The summed E-state index contributed by atoms with van der Waals surface area (Å²) in [6, 6.07) is 8.39. The molecule has 1 amide bonds. The molecule has 1 aliphatic rings. The molecule has 1 atom stereocenters. The van der Waals surface area contributed by atoms with Crippen LogP contribution in [0.15, 0.2) is 24.3 Å². The largest absolute Gasteiger partial charge is 0.360 e. The van der Waals surface area contributed by atoms with Crippen molar-refractivity contribution < 1.29 is 14.3 Å². The zero-order valence-corrected chi connectivity index (χ0v) is 12.8. The van der Waals surface area contributed by atoms with Crippen LogP contribution in [0.5, 0.6) is 0 Å². The third kappa shape index (κ3) is 4.29. The van der Waals surface area contributed by atoms with Gasteiger partial charge in [-0.15, -0.1) is 0 Å². The van der Waals surface area contributed by atoms with Crippen molar-refractivity contribution >= 4 is 24.0 Å². The molecule has 1 fully saturated rings. The fourth-order valence-corrected chi connectivity index (χ4v) is 3.43. The molecule has 1 aromatic rings. The van der Waals surface area contributed by atoms with Crippen LogP contribution < -0.4 is 5.32 Å². The van der Waals surface area contributed by atoms with Gasteiger partial charge >= 0.3 is 6.87 Å². The quantitative estimate of drug-likeness (QED) is 0.829. The lowest BCUT2D eigenvalue weighted by atomic mass is 10.1. The SMILES string of the molecule is N#Cc1cccc(C(=O)NC2CCN(P(=O)(O)Cl)CC2)c1. The van der Waals surface area contributed by atoms with Gasteiger partial charge < -0.3 is 10.2 Å². The predicted octanol–water partition coefficient (Wildman–Crippen LogP) is 2.09. The number of piperidine rings is 1. The zero-order valence-electron chi connectivity index (χ0n) is 11.2. The number of nitrogens with one attached hydrogen (secondary N) is 1. The lowest BCUT2D eigenvalue weighted by molar-refractivity contribution is 0.0923. The van der Waals surface area contributed by atoms with Crippen LogP contribution in [-0.2, 0) is 4.57 Å². The smallest absolute Gasteiger partial charge is 0.349 e. The number of carbonyl (C=O) groups is 1. The second-order valence-corrected chi connectivity index (χ2v) is 7.70. The number of hydrogen-bond donors (Lipinski definition) is 2. The summed E-state index contributed by atoms with van der Waals surface area (Å²) < 4.78 is 12.6. The number of amides is 1. The van der Waals surface area contributed by atoms with E-state index in [1.165, 1.54) is 10.7 Å². The monoisotopic (exact) mass is 327 g/mol. The summed E-state index contributed by atoms with van der Waals surface area (Å²) in [6.45, 7) is -2.99. The van der Waals surface area contributed by atoms with Gasteiger partial charge in [-0.05, 0) is 42.3 Å². The number of rotatable bonds is 3. The third-order valence-electron chi connectivity index (χ3n) is 3.41. The van der Waals surface area contributed by atoms with Crippen molar-refractivity contribution in [3.05, 3.63) is 35.4 Å². The number of nitrogens with zero attached hydrogens (tertiary/aromatic N) is 2. The second kappa shape index (κ2) is 6.59. The summed E-state index contributed by atoms with van der Waals surface area (Å²) in [4.78, 5) is 21.4. The molecule has 8 heteroatoms. The highest BCUT2D eigenvalue weighted by atomic mass is 35.7. The Hall–Kier alpha value is -1.38. The van der Waals surface area contributed by atoms with Crippen molar-refractivity contribution in [1.82, 2.24) is 9.99 Å². The van der Waals surface area contributed by atoms with Gasteiger partial charge in [0.25, 0.3) is 5.91 Å². The average molecular weight is 328 g/mol. The number of halogens is 1. The van der Waals surface area contributed by atoms with Gasteiger partial charge in [0.1, 0.15) is 0 Å². The van der Waals surface area contributed by atoms with Crippen LogP contribution in [0, 0.1) is 11.3 Å². The van der Waals surface area contributed by atoms with Gasteiger partial charge in [-0.3, -0.25) is 9.36 Å². The van der Waals surface area contributed by atoms with Gasteiger partial charge in [0, 0.05) is 24.7 Å². The normalized spacial score (nSPS) is 19.5. The maximum absolute atomic E-state index is 12.1. The molecule has 1 saturated heterocycles. The topological polar surface area (TPSA) is 93.4 Å². The van der Waals surface area contributed by atoms with Crippen LogP contribution in [0.1, 0.15) is 28.8 Å². The van der Waals surface area contributed by atoms with Crippen molar-refractivity contribution in [2.75, 3.05) is 13.1 Å². The number of nitriles is 1. The minimum absolute atomic E-state index is 0.0669. The molecule has 1 aromatic carbocycles. The van der Waals surface area contributed by atoms with Gasteiger partial charge in [0.05, 0.1) is 11.6 Å². The first kappa shape index (κ1) is 16.0. The summed E-state index contributed by atoms with van der Waals surface area (Å²) in [5.74, 6) is -0.247. The van der Waals surface area contributed by atoms with Gasteiger partial charge in [-0.25, -0.2) is 4.67 Å². The Morgan fingerprint density at radius 3 is 2.71 bits per heavy atom. The van der Waals surface area contributed by atoms with E-state index in [4.69, 9.17) is 16.5 Å². The van der Waals surface area contributed by atoms with Crippen LogP contribution in [0.4, 0.5) is 0 Å². The molecule has 1 aliphatic heterocycles. The van der Waals surface area contributed by atoms with E-state index < -0.39 is 6.87 Å². The van der Waals surface area contributed by atoms with E-state index in [2.05, 4.69) is 5.32 Å². The zero-order chi connectivity index (χ0) is 15.5. The molecule has 0 spiro atoms. The van der Waals surface area contributed by atoms with Crippen LogP contribution in [0.2, 0.25) is 0 Å². The number of hydrogen-bond acceptors (Lipinski definition) is 3. The fourth-order valence-electron chi connectivity index (χ4n) is 2.26. The summed E-state index contributed by atoms with van der Waals surface area (Å²) >= 11 is 5.41. The van der Waals surface area contributed by atoms with E-state index >= 15 is 0 Å². The van der Waals surface area contributed by atoms with E-state index in [1.54, 1.807) is 18.2 Å². The molecule has 2 rings (SSSR count). The fraction of sp³-hybridized carbons (Fsp3) is 0.385. The maximum Gasteiger partial charge on any atom is 0.360 e. The lowest BCUT2D eigenvalue weighted by Crippen LogP contribution is -2.43. The highest BCUT2D eigenvalue weighted by molar-refractivity contribution is 7.82. The van der Waals surface area contributed by atoms with E-state index in [-0.39, 0.29) is 11.9 Å². The van der Waals surface area contributed by atoms with Crippen molar-refractivity contribution in [3.63, 3.8) is 0 Å². The summed E-state index contributed by atoms with van der Waals surface area (Å²) in [5, 5.41) is 11.7. The second-order valence-electron chi connectivity index (χ2n) is 4.87. The van der Waals surface area contributed by atoms with E-state index in [1.807, 2.05) is 6.07 Å². The maximum atomic E-state index is 12.1. The Morgan fingerprint density at radius 1 is 1.48 bits per heavy atom. The van der Waals surface area contributed by atoms with Crippen molar-refractivity contribution in [3.8, 4) is 6.07 Å². The summed E-state index contributed by atoms with van der Waals surface area (Å²) in [5.41, 5.74) is 0.863. The molecule has 0 aromatic heterocycles. The van der Waals surface area contributed by atoms with E-state index in [0.29, 0.717) is 37.1 Å². The molecule has 112 valence electrons. The van der Waals surface area contributed by atoms with Crippen molar-refractivity contribution in [1.29, 1.82) is 5.26 Å². The molecule has 0 bridgehead atoms. The van der Waals surface area contributed by atoms with Crippen LogP contribution >= 0.6 is 18.1 Å². The van der Waals surface area contributed by atoms with Gasteiger partial charge in [-0.2, -0.15) is 5.26 Å². The Morgan fingerprint density at radius 2 is 2.14 bits per heavy atom. The molecule has 2 N–H and O–H groups in total. The molecular weight excluding hydrogens is 313 g/mol. The Kier molecular flexibility index (Phi) is 5.02. The van der Waals surface area contributed by atoms with Gasteiger partial charge in [0.2, 0.25) is 0 Å². The molecule has 0 saturated carbocycles. The first-order chi connectivity index (χ1) is 9.90. The van der Waals surface area contributed by atoms with Gasteiger partial charge in [-0.1, -0.05) is 6.07 Å². The average Bonchev–Trinajstić information content (AvgIpc) is 2.47. The van der Waals surface area contributed by atoms with Crippen LogP contribution in [0.3, 0.4) is 0 Å². The summed E-state index contributed by atoms with van der Waals surface area (Å²) in [7, 11) is 0. The Bertz CT molecular complexity index is 617.